The maximum atomic E-state index is 11.8. The monoisotopic (exact) mass is 484 g/mol. The van der Waals surface area contributed by atoms with Crippen molar-refractivity contribution < 1.29 is 19.8 Å². The van der Waals surface area contributed by atoms with E-state index in [9.17, 15) is 19.8 Å². The van der Waals surface area contributed by atoms with Crippen molar-refractivity contribution in [3.8, 4) is 0 Å². The van der Waals surface area contributed by atoms with Crippen molar-refractivity contribution in [3.63, 3.8) is 0 Å². The summed E-state index contributed by atoms with van der Waals surface area (Å²) < 4.78 is 0. The molecule has 0 bridgehead atoms. The second-order valence-corrected chi connectivity index (χ2v) is 10.2. The molecule has 202 valence electrons. The molecule has 0 aromatic carbocycles. The summed E-state index contributed by atoms with van der Waals surface area (Å²) in [6.45, 7) is 5.57. The Morgan fingerprint density at radius 1 is 0.529 bits per heavy atom. The van der Waals surface area contributed by atoms with Gasteiger partial charge in [0, 0.05) is 13.1 Å². The smallest absolute Gasteiger partial charge is 0.320 e. The van der Waals surface area contributed by atoms with E-state index in [0.717, 1.165) is 25.7 Å². The van der Waals surface area contributed by atoms with Crippen LogP contribution < -0.4 is 0 Å². The van der Waals surface area contributed by atoms with Crippen LogP contribution in [0, 0.1) is 0 Å². The molecule has 0 aliphatic heterocycles. The molecule has 0 rings (SSSR count). The predicted molar refractivity (Wildman–Crippen MR) is 143 cm³/mol. The Labute approximate surface area is 210 Å². The maximum Gasteiger partial charge on any atom is 0.320 e. The molecule has 0 heterocycles. The number of hydrogen-bond donors (Lipinski definition) is 2. The Morgan fingerprint density at radius 3 is 1.06 bits per heavy atom. The molecule has 2 unspecified atom stereocenters. The Hall–Kier alpha value is -1.14. The summed E-state index contributed by atoms with van der Waals surface area (Å²) in [5.41, 5.74) is 0. The van der Waals surface area contributed by atoms with Crippen LogP contribution in [0.3, 0.4) is 0 Å². The Kier molecular flexibility index (Phi) is 21.6. The molecule has 0 saturated heterocycles. The number of unbranched alkanes of at least 4 members (excludes halogenated alkanes) is 14. The topological polar surface area (TPSA) is 81.1 Å². The highest BCUT2D eigenvalue weighted by atomic mass is 16.4. The molecule has 0 amide bonds. The number of aliphatic carboxylic acids is 2. The van der Waals surface area contributed by atoms with E-state index in [0.29, 0.717) is 25.9 Å². The van der Waals surface area contributed by atoms with Gasteiger partial charge in [-0.15, -0.1) is 0 Å². The molecule has 2 atom stereocenters. The molecular weight excluding hydrogens is 428 g/mol. The van der Waals surface area contributed by atoms with E-state index in [-0.39, 0.29) is 0 Å². The van der Waals surface area contributed by atoms with Crippen molar-refractivity contribution in [1.82, 2.24) is 9.80 Å². The van der Waals surface area contributed by atoms with Crippen molar-refractivity contribution in [1.29, 1.82) is 0 Å². The van der Waals surface area contributed by atoms with Crippen LogP contribution in [0.1, 0.15) is 129 Å². The Balaban J connectivity index is 4.24. The fourth-order valence-electron chi connectivity index (χ4n) is 4.64. The van der Waals surface area contributed by atoms with Crippen LogP contribution in [0.25, 0.3) is 0 Å². The molecule has 0 aromatic heterocycles. The first kappa shape index (κ1) is 32.9. The lowest BCUT2D eigenvalue weighted by molar-refractivity contribution is -0.145. The number of carboxylic acids is 2. The molecule has 0 spiro atoms. The van der Waals surface area contributed by atoms with Gasteiger partial charge in [-0.3, -0.25) is 19.4 Å². The van der Waals surface area contributed by atoms with Gasteiger partial charge < -0.3 is 10.2 Å². The van der Waals surface area contributed by atoms with E-state index in [2.05, 4.69) is 13.8 Å². The number of hydrogen-bond acceptors (Lipinski definition) is 4. The summed E-state index contributed by atoms with van der Waals surface area (Å²) in [5.74, 6) is -1.55. The molecule has 34 heavy (non-hydrogen) atoms. The van der Waals surface area contributed by atoms with E-state index in [4.69, 9.17) is 0 Å². The summed E-state index contributed by atoms with van der Waals surface area (Å²) in [5, 5.41) is 19.4. The number of carboxylic acid groups (broad SMARTS) is 2. The van der Waals surface area contributed by atoms with Crippen molar-refractivity contribution in [2.24, 2.45) is 0 Å². The lowest BCUT2D eigenvalue weighted by atomic mass is 10.0. The van der Waals surface area contributed by atoms with Crippen LogP contribution in [0.2, 0.25) is 0 Å². The van der Waals surface area contributed by atoms with Crippen molar-refractivity contribution in [2.45, 2.75) is 142 Å². The van der Waals surface area contributed by atoms with Crippen LogP contribution in [0.4, 0.5) is 0 Å². The highest BCUT2D eigenvalue weighted by Gasteiger charge is 2.25. The molecule has 6 nitrogen and oxygen atoms in total. The van der Waals surface area contributed by atoms with Gasteiger partial charge >= 0.3 is 11.9 Å². The first-order valence-corrected chi connectivity index (χ1v) is 14.2. The first-order chi connectivity index (χ1) is 16.3. The minimum Gasteiger partial charge on any atom is -0.480 e. The van der Waals surface area contributed by atoms with Gasteiger partial charge in [0.05, 0.1) is 0 Å². The van der Waals surface area contributed by atoms with Gasteiger partial charge in [0.1, 0.15) is 12.1 Å². The van der Waals surface area contributed by atoms with Crippen LogP contribution >= 0.6 is 0 Å². The Bertz CT molecular complexity index is 457. The van der Waals surface area contributed by atoms with Gasteiger partial charge in [0.15, 0.2) is 0 Å². The third-order valence-corrected chi connectivity index (χ3v) is 7.10. The fourth-order valence-corrected chi connectivity index (χ4v) is 4.64. The molecular formula is C28H56N2O4. The molecule has 0 aliphatic rings. The number of rotatable bonds is 25. The third-order valence-electron chi connectivity index (χ3n) is 7.10. The van der Waals surface area contributed by atoms with E-state index < -0.39 is 24.0 Å². The molecule has 0 fully saturated rings. The first-order valence-electron chi connectivity index (χ1n) is 14.2. The molecule has 6 heteroatoms. The number of likely N-dealkylation sites (N-methyl/N-ethyl adjacent to an activating group) is 2. The van der Waals surface area contributed by atoms with Gasteiger partial charge in [0.2, 0.25) is 0 Å². The van der Waals surface area contributed by atoms with E-state index in [1.165, 1.54) is 77.0 Å². The molecule has 2 N–H and O–H groups in total. The van der Waals surface area contributed by atoms with E-state index in [1.54, 1.807) is 0 Å². The SMILES string of the molecule is CCCCCCCCCCC(C(=O)O)N(C)CCN(C)C(CCCCCCCCCC)C(=O)O. The average Bonchev–Trinajstić information content (AvgIpc) is 2.79. The van der Waals surface area contributed by atoms with E-state index >= 15 is 0 Å². The zero-order valence-electron chi connectivity index (χ0n) is 22.9. The summed E-state index contributed by atoms with van der Waals surface area (Å²) >= 11 is 0. The summed E-state index contributed by atoms with van der Waals surface area (Å²) in [7, 11) is 3.71. The van der Waals surface area contributed by atoms with Crippen LogP contribution in [0.15, 0.2) is 0 Å². The highest BCUT2D eigenvalue weighted by molar-refractivity contribution is 5.73. The van der Waals surface area contributed by atoms with E-state index in [1.807, 2.05) is 23.9 Å². The van der Waals surface area contributed by atoms with Crippen LogP contribution in [0.5, 0.6) is 0 Å². The minimum absolute atomic E-state index is 0.496. The van der Waals surface area contributed by atoms with Crippen molar-refractivity contribution in [2.75, 3.05) is 27.2 Å². The second kappa shape index (κ2) is 22.3. The zero-order chi connectivity index (χ0) is 25.6. The quantitative estimate of drug-likeness (QED) is 0.138. The Morgan fingerprint density at radius 2 is 0.794 bits per heavy atom. The third kappa shape index (κ3) is 17.3. The standard InChI is InChI=1S/C28H56N2O4/c1-5-7-9-11-13-15-17-19-21-25(27(31)32)29(3)23-24-30(4)26(28(33)34)22-20-18-16-14-12-10-8-6-2/h25-26H,5-24H2,1-4H3,(H,31,32)(H,33,34). The summed E-state index contributed by atoms with van der Waals surface area (Å²) in [4.78, 5) is 27.4. The molecule has 0 saturated carbocycles. The highest BCUT2D eigenvalue weighted by Crippen LogP contribution is 2.15. The van der Waals surface area contributed by atoms with Gasteiger partial charge in [0.25, 0.3) is 0 Å². The van der Waals surface area contributed by atoms with Gasteiger partial charge in [-0.1, -0.05) is 117 Å². The normalized spacial score (nSPS) is 13.5. The largest absolute Gasteiger partial charge is 0.480 e. The predicted octanol–water partition coefficient (Wildman–Crippen LogP) is 6.82. The van der Waals surface area contributed by atoms with Crippen molar-refractivity contribution in [3.05, 3.63) is 0 Å². The van der Waals surface area contributed by atoms with Gasteiger partial charge in [-0.25, -0.2) is 0 Å². The summed E-state index contributed by atoms with van der Waals surface area (Å²) in [6, 6.07) is -0.992. The lowest BCUT2D eigenvalue weighted by Gasteiger charge is -2.29. The zero-order valence-corrected chi connectivity index (χ0v) is 22.9. The summed E-state index contributed by atoms with van der Waals surface area (Å²) in [6.07, 6.45) is 20.5. The van der Waals surface area contributed by atoms with Crippen LogP contribution in [-0.4, -0.2) is 71.2 Å². The maximum absolute atomic E-state index is 11.8. The minimum atomic E-state index is -0.776. The molecule has 0 aliphatic carbocycles. The second-order valence-electron chi connectivity index (χ2n) is 10.2. The molecule has 0 radical (unpaired) electrons. The van der Waals surface area contributed by atoms with Gasteiger partial charge in [-0.2, -0.15) is 0 Å². The average molecular weight is 485 g/mol. The lowest BCUT2D eigenvalue weighted by Crippen LogP contribution is -2.46. The van der Waals surface area contributed by atoms with Gasteiger partial charge in [-0.05, 0) is 26.9 Å². The van der Waals surface area contributed by atoms with Crippen LogP contribution in [-0.2, 0) is 9.59 Å². The molecule has 0 aromatic rings. The fraction of sp³-hybridized carbons (Fsp3) is 0.929. The number of nitrogens with zero attached hydrogens (tertiary/aromatic N) is 2. The van der Waals surface area contributed by atoms with Crippen molar-refractivity contribution >= 4 is 11.9 Å². The number of carbonyl (C=O) groups is 2.